The van der Waals surface area contributed by atoms with Gasteiger partial charge in [-0.15, -0.1) is 6.58 Å². The van der Waals surface area contributed by atoms with Crippen molar-refractivity contribution in [2.45, 2.75) is 50.6 Å². The van der Waals surface area contributed by atoms with Crippen molar-refractivity contribution >= 4 is 5.91 Å². The first-order valence-electron chi connectivity index (χ1n) is 11.3. The molecule has 2 aliphatic carbocycles. The van der Waals surface area contributed by atoms with Crippen molar-refractivity contribution in [1.82, 2.24) is 20.4 Å². The molecular weight excluding hydrogens is 348 g/mol. The summed E-state index contributed by atoms with van der Waals surface area (Å²) in [6.45, 7) is 7.58. The number of nitrogens with zero attached hydrogens (tertiary/aromatic N) is 2. The van der Waals surface area contributed by atoms with Crippen LogP contribution in [0.3, 0.4) is 0 Å². The Hall–Kier alpha value is -1.33. The van der Waals surface area contributed by atoms with Crippen LogP contribution in [0.4, 0.5) is 0 Å². The van der Waals surface area contributed by atoms with Crippen LogP contribution in [-0.2, 0) is 4.79 Å². The predicted molar refractivity (Wildman–Crippen MR) is 114 cm³/mol. The molecule has 0 spiro atoms. The van der Waals surface area contributed by atoms with E-state index in [-0.39, 0.29) is 11.8 Å². The minimum atomic E-state index is 0.126. The highest BCUT2D eigenvalue weighted by Gasteiger charge is 2.52. The van der Waals surface area contributed by atoms with Crippen LogP contribution in [0, 0.1) is 23.7 Å². The zero-order valence-corrected chi connectivity index (χ0v) is 17.7. The lowest BCUT2D eigenvalue weighted by molar-refractivity contribution is -0.130. The van der Waals surface area contributed by atoms with Crippen molar-refractivity contribution in [3.63, 3.8) is 0 Å². The van der Waals surface area contributed by atoms with Crippen molar-refractivity contribution in [1.29, 1.82) is 0 Å². The summed E-state index contributed by atoms with van der Waals surface area (Å²) in [7, 11) is 4.16. The van der Waals surface area contributed by atoms with Crippen LogP contribution < -0.4 is 10.6 Å². The van der Waals surface area contributed by atoms with Crippen LogP contribution in [0.25, 0.3) is 0 Å². The van der Waals surface area contributed by atoms with Gasteiger partial charge in [-0.3, -0.25) is 9.69 Å². The summed E-state index contributed by atoms with van der Waals surface area (Å²) < 4.78 is 0. The van der Waals surface area contributed by atoms with Gasteiger partial charge in [0.25, 0.3) is 0 Å². The molecular formula is C23H38N4O. The Morgan fingerprint density at radius 1 is 1.39 bits per heavy atom. The number of fused-ring (bicyclic) bond motifs is 2. The van der Waals surface area contributed by atoms with Gasteiger partial charge in [-0.1, -0.05) is 12.5 Å². The number of carbonyl (C=O) groups excluding carboxylic acids is 1. The molecule has 0 aromatic heterocycles. The van der Waals surface area contributed by atoms with E-state index in [0.29, 0.717) is 18.0 Å². The molecule has 4 aliphatic rings. The maximum Gasteiger partial charge on any atom is 0.224 e. The average molecular weight is 387 g/mol. The second-order valence-electron chi connectivity index (χ2n) is 9.67. The standard InChI is InChI=1S/C23H38N4O/c1-4-10-27-15-17(23(28)24-9-6-11-26(2)3)12-19-18-7-5-8-20-22(18)16(14-25-20)13-21(19)27/h4,14,17-22,25H,1,5-13,15H2,2-3H3,(H,24,28)/t17-,18?,19-,20?,21-,22?/m1/s1. The Morgan fingerprint density at radius 2 is 2.25 bits per heavy atom. The summed E-state index contributed by atoms with van der Waals surface area (Å²) in [6, 6.07) is 1.24. The van der Waals surface area contributed by atoms with Gasteiger partial charge in [0.15, 0.2) is 0 Å². The highest BCUT2D eigenvalue weighted by atomic mass is 16.1. The third kappa shape index (κ3) is 3.88. The number of piperidine rings is 1. The molecule has 2 heterocycles. The van der Waals surface area contributed by atoms with E-state index in [1.807, 2.05) is 6.08 Å². The fourth-order valence-electron chi connectivity index (χ4n) is 6.49. The monoisotopic (exact) mass is 386 g/mol. The molecule has 5 heteroatoms. The van der Waals surface area contributed by atoms with Gasteiger partial charge in [0, 0.05) is 37.6 Å². The van der Waals surface area contributed by atoms with Gasteiger partial charge in [-0.25, -0.2) is 0 Å². The van der Waals surface area contributed by atoms with Crippen LogP contribution in [0.1, 0.15) is 38.5 Å². The zero-order valence-electron chi connectivity index (χ0n) is 17.7. The van der Waals surface area contributed by atoms with Crippen molar-refractivity contribution in [3.8, 4) is 0 Å². The van der Waals surface area contributed by atoms with Gasteiger partial charge in [0.05, 0.1) is 5.92 Å². The van der Waals surface area contributed by atoms with Crippen LogP contribution in [0.2, 0.25) is 0 Å². The van der Waals surface area contributed by atoms with Crippen molar-refractivity contribution in [2.75, 3.05) is 40.3 Å². The lowest BCUT2D eigenvalue weighted by Gasteiger charge is -2.54. The van der Waals surface area contributed by atoms with E-state index < -0.39 is 0 Å². The van der Waals surface area contributed by atoms with Crippen molar-refractivity contribution in [3.05, 3.63) is 24.4 Å². The molecule has 28 heavy (non-hydrogen) atoms. The van der Waals surface area contributed by atoms with Crippen molar-refractivity contribution in [2.24, 2.45) is 23.7 Å². The largest absolute Gasteiger partial charge is 0.388 e. The molecule has 0 bridgehead atoms. The van der Waals surface area contributed by atoms with E-state index in [1.165, 1.54) is 25.7 Å². The second kappa shape index (κ2) is 8.58. The Labute approximate surface area is 170 Å². The number of likely N-dealkylation sites (tertiary alicyclic amines) is 1. The van der Waals surface area contributed by atoms with E-state index in [1.54, 1.807) is 5.57 Å². The second-order valence-corrected chi connectivity index (χ2v) is 9.67. The molecule has 156 valence electrons. The minimum Gasteiger partial charge on any atom is -0.388 e. The molecule has 2 saturated carbocycles. The first kappa shape index (κ1) is 20.0. The number of rotatable bonds is 7. The van der Waals surface area contributed by atoms with Gasteiger partial charge in [0.1, 0.15) is 0 Å². The molecule has 2 aliphatic heterocycles. The molecule has 1 amide bonds. The number of hydrogen-bond donors (Lipinski definition) is 2. The normalized spacial score (nSPS) is 36.9. The molecule has 2 N–H and O–H groups in total. The molecule has 3 unspecified atom stereocenters. The van der Waals surface area contributed by atoms with Gasteiger partial charge in [0.2, 0.25) is 5.91 Å². The van der Waals surface area contributed by atoms with E-state index in [9.17, 15) is 4.79 Å². The first-order valence-corrected chi connectivity index (χ1v) is 11.3. The smallest absolute Gasteiger partial charge is 0.224 e. The van der Waals surface area contributed by atoms with E-state index in [4.69, 9.17) is 0 Å². The molecule has 3 fully saturated rings. The predicted octanol–water partition coefficient (Wildman–Crippen LogP) is 2.22. The summed E-state index contributed by atoms with van der Waals surface area (Å²) in [4.78, 5) is 17.7. The number of amides is 1. The first-order chi connectivity index (χ1) is 13.6. The minimum absolute atomic E-state index is 0.126. The zero-order chi connectivity index (χ0) is 19.7. The molecule has 5 nitrogen and oxygen atoms in total. The summed E-state index contributed by atoms with van der Waals surface area (Å²) in [5, 5.41) is 6.91. The van der Waals surface area contributed by atoms with Gasteiger partial charge in [-0.05, 0) is 76.4 Å². The van der Waals surface area contributed by atoms with E-state index in [0.717, 1.165) is 50.9 Å². The van der Waals surface area contributed by atoms with Crippen molar-refractivity contribution < 1.29 is 4.79 Å². The number of nitrogens with one attached hydrogen (secondary N) is 2. The highest BCUT2D eigenvalue weighted by Crippen LogP contribution is 2.53. The Kier molecular flexibility index (Phi) is 6.12. The number of hydrogen-bond acceptors (Lipinski definition) is 4. The van der Waals surface area contributed by atoms with Gasteiger partial charge in [-0.2, -0.15) is 0 Å². The average Bonchev–Trinajstić information content (AvgIpc) is 3.10. The SMILES string of the molecule is C=CCN1C[C@H](C(=O)NCCCN(C)C)C[C@@H]2C3CCCC4NC=C(C[C@H]21)C43. The van der Waals surface area contributed by atoms with Crippen LogP contribution in [0.15, 0.2) is 24.4 Å². The van der Waals surface area contributed by atoms with Gasteiger partial charge >= 0.3 is 0 Å². The lowest BCUT2D eigenvalue weighted by Crippen LogP contribution is -2.58. The Balaban J connectivity index is 1.45. The van der Waals surface area contributed by atoms with Crippen LogP contribution >= 0.6 is 0 Å². The number of carbonyl (C=O) groups is 1. The Morgan fingerprint density at radius 3 is 3.04 bits per heavy atom. The molecule has 6 atom stereocenters. The fourth-order valence-corrected chi connectivity index (χ4v) is 6.49. The third-order valence-corrected chi connectivity index (χ3v) is 7.64. The summed E-state index contributed by atoms with van der Waals surface area (Å²) in [5.41, 5.74) is 1.65. The van der Waals surface area contributed by atoms with Gasteiger partial charge < -0.3 is 15.5 Å². The van der Waals surface area contributed by atoms with E-state index in [2.05, 4.69) is 47.3 Å². The van der Waals surface area contributed by atoms with Crippen LogP contribution in [-0.4, -0.2) is 68.1 Å². The maximum absolute atomic E-state index is 13.0. The third-order valence-electron chi connectivity index (χ3n) is 7.64. The summed E-state index contributed by atoms with van der Waals surface area (Å²) in [6.07, 6.45) is 11.6. The summed E-state index contributed by atoms with van der Waals surface area (Å²) in [5.74, 6) is 2.51. The lowest BCUT2D eigenvalue weighted by atomic mass is 9.58. The summed E-state index contributed by atoms with van der Waals surface area (Å²) >= 11 is 0. The molecule has 4 rings (SSSR count). The Bertz CT molecular complexity index is 616. The van der Waals surface area contributed by atoms with Crippen LogP contribution in [0.5, 0.6) is 0 Å². The molecule has 0 aromatic carbocycles. The maximum atomic E-state index is 13.0. The molecule has 0 aromatic rings. The highest BCUT2D eigenvalue weighted by molar-refractivity contribution is 5.79. The fraction of sp³-hybridized carbons (Fsp3) is 0.783. The molecule has 1 saturated heterocycles. The van der Waals surface area contributed by atoms with E-state index >= 15 is 0 Å². The molecule has 0 radical (unpaired) electrons. The topological polar surface area (TPSA) is 47.6 Å². The quantitative estimate of drug-likeness (QED) is 0.520.